The largest absolute Gasteiger partial charge is 0.369 e. The van der Waals surface area contributed by atoms with Crippen LogP contribution in [0.25, 0.3) is 0 Å². The Morgan fingerprint density at radius 1 is 1.31 bits per heavy atom. The summed E-state index contributed by atoms with van der Waals surface area (Å²) in [5, 5.41) is 3.08. The Bertz CT molecular complexity index is 292. The van der Waals surface area contributed by atoms with E-state index in [1.54, 1.807) is 0 Å². The van der Waals surface area contributed by atoms with Crippen LogP contribution in [-0.2, 0) is 9.53 Å². The summed E-state index contributed by atoms with van der Waals surface area (Å²) in [6, 6.07) is 0. The fourth-order valence-corrected chi connectivity index (χ4v) is 2.53. The van der Waals surface area contributed by atoms with E-state index in [0.29, 0.717) is 0 Å². The number of carbonyl (C=O) groups is 1. The zero-order chi connectivity index (χ0) is 12.8. The van der Waals surface area contributed by atoms with Crippen LogP contribution in [0.1, 0.15) is 48.0 Å². The van der Waals surface area contributed by atoms with Crippen LogP contribution in [0.15, 0.2) is 0 Å². The van der Waals surface area contributed by atoms with E-state index in [1.807, 2.05) is 34.7 Å². The van der Waals surface area contributed by atoms with Crippen LogP contribution in [0.5, 0.6) is 0 Å². The Kier molecular flexibility index (Phi) is 3.25. The van der Waals surface area contributed by atoms with Crippen LogP contribution in [-0.4, -0.2) is 29.6 Å². The van der Waals surface area contributed by atoms with Gasteiger partial charge >= 0.3 is 0 Å². The van der Waals surface area contributed by atoms with Gasteiger partial charge in [0.2, 0.25) is 0 Å². The molecule has 94 valence electrons. The number of ether oxygens (including phenoxy) is 1. The van der Waals surface area contributed by atoms with E-state index in [9.17, 15) is 4.79 Å². The van der Waals surface area contributed by atoms with E-state index in [4.69, 9.17) is 4.74 Å². The molecule has 1 unspecified atom stereocenters. The Morgan fingerprint density at radius 3 is 2.12 bits per heavy atom. The highest BCUT2D eigenvalue weighted by atomic mass is 16.5. The summed E-state index contributed by atoms with van der Waals surface area (Å²) >= 11 is 0. The number of ketones is 1. The minimum atomic E-state index is -0.480. The Balaban J connectivity index is 2.94. The van der Waals surface area contributed by atoms with Crippen molar-refractivity contribution in [3.05, 3.63) is 0 Å². The molecule has 1 rings (SSSR count). The molecule has 0 bridgehead atoms. The maximum absolute atomic E-state index is 12.5. The molecule has 1 fully saturated rings. The molecule has 0 aromatic rings. The van der Waals surface area contributed by atoms with E-state index in [1.165, 1.54) is 0 Å². The number of nitrogens with one attached hydrogen (secondary N) is 1. The number of Topliss-reactive ketones (excluding diaryl/α,β-unsaturated/α-hetero) is 1. The minimum absolute atomic E-state index is 0.0371. The second-order valence-corrected chi connectivity index (χ2v) is 6.46. The van der Waals surface area contributed by atoms with Crippen molar-refractivity contribution in [3.8, 4) is 0 Å². The van der Waals surface area contributed by atoms with Gasteiger partial charge in [0, 0.05) is 0 Å². The SMILES string of the molecule is CNC(C)(C)C(=O)C1CC(C)(C)OC1(C)C. The normalized spacial score (nSPS) is 28.1. The molecule has 1 heterocycles. The average Bonchev–Trinajstić information content (AvgIpc) is 2.32. The molecule has 16 heavy (non-hydrogen) atoms. The summed E-state index contributed by atoms with van der Waals surface area (Å²) in [6.45, 7) is 12.0. The van der Waals surface area contributed by atoms with Gasteiger partial charge in [0.15, 0.2) is 5.78 Å². The molecular weight excluding hydrogens is 202 g/mol. The van der Waals surface area contributed by atoms with Crippen molar-refractivity contribution in [2.75, 3.05) is 7.05 Å². The smallest absolute Gasteiger partial charge is 0.158 e. The highest BCUT2D eigenvalue weighted by molar-refractivity contribution is 5.90. The Labute approximate surface area is 98.9 Å². The number of carbonyl (C=O) groups excluding carboxylic acids is 1. The van der Waals surface area contributed by atoms with E-state index < -0.39 is 5.54 Å². The molecule has 1 N–H and O–H groups in total. The maximum atomic E-state index is 12.5. The molecule has 0 aromatic carbocycles. The monoisotopic (exact) mass is 227 g/mol. The zero-order valence-electron chi connectivity index (χ0n) is 11.6. The minimum Gasteiger partial charge on any atom is -0.369 e. The Morgan fingerprint density at radius 2 is 1.81 bits per heavy atom. The number of likely N-dealkylation sites (N-methyl/N-ethyl adjacent to an activating group) is 1. The third-order valence-corrected chi connectivity index (χ3v) is 3.63. The number of hydrogen-bond donors (Lipinski definition) is 1. The molecule has 0 amide bonds. The highest BCUT2D eigenvalue weighted by Crippen LogP contribution is 2.43. The lowest BCUT2D eigenvalue weighted by molar-refractivity contribution is -0.134. The predicted molar refractivity (Wildman–Crippen MR) is 65.5 cm³/mol. The van der Waals surface area contributed by atoms with E-state index in [-0.39, 0.29) is 22.9 Å². The van der Waals surface area contributed by atoms with Gasteiger partial charge < -0.3 is 10.1 Å². The lowest BCUT2D eigenvalue weighted by atomic mass is 9.77. The molecule has 0 aromatic heterocycles. The third-order valence-electron chi connectivity index (χ3n) is 3.63. The van der Waals surface area contributed by atoms with Crippen LogP contribution >= 0.6 is 0 Å². The first-order valence-electron chi connectivity index (χ1n) is 5.95. The summed E-state index contributed by atoms with van der Waals surface area (Å²) in [4.78, 5) is 12.5. The second-order valence-electron chi connectivity index (χ2n) is 6.46. The fourth-order valence-electron chi connectivity index (χ4n) is 2.53. The summed E-state index contributed by atoms with van der Waals surface area (Å²) in [5.74, 6) is 0.204. The topological polar surface area (TPSA) is 38.3 Å². The lowest BCUT2D eigenvalue weighted by Crippen LogP contribution is -2.51. The van der Waals surface area contributed by atoms with Gasteiger partial charge in [-0.25, -0.2) is 0 Å². The van der Waals surface area contributed by atoms with Gasteiger partial charge in [-0.15, -0.1) is 0 Å². The number of hydrogen-bond acceptors (Lipinski definition) is 3. The van der Waals surface area contributed by atoms with Crippen LogP contribution in [0, 0.1) is 5.92 Å². The molecule has 1 aliphatic heterocycles. The van der Waals surface area contributed by atoms with Gasteiger partial charge in [0.25, 0.3) is 0 Å². The first kappa shape index (κ1) is 13.7. The first-order valence-corrected chi connectivity index (χ1v) is 5.95. The highest BCUT2D eigenvalue weighted by Gasteiger charge is 2.51. The molecule has 3 heteroatoms. The van der Waals surface area contributed by atoms with E-state index in [2.05, 4.69) is 19.2 Å². The van der Waals surface area contributed by atoms with Crippen molar-refractivity contribution in [3.63, 3.8) is 0 Å². The van der Waals surface area contributed by atoms with E-state index >= 15 is 0 Å². The molecular formula is C13H25NO2. The zero-order valence-corrected chi connectivity index (χ0v) is 11.6. The number of rotatable bonds is 3. The summed E-state index contributed by atoms with van der Waals surface area (Å²) in [7, 11) is 1.83. The van der Waals surface area contributed by atoms with Gasteiger partial charge in [-0.05, 0) is 55.0 Å². The second kappa shape index (κ2) is 3.81. The molecule has 1 atom stereocenters. The van der Waals surface area contributed by atoms with Gasteiger partial charge in [0.05, 0.1) is 22.7 Å². The molecule has 1 saturated heterocycles. The summed E-state index contributed by atoms with van der Waals surface area (Å²) in [5.41, 5.74) is -1.05. The maximum Gasteiger partial charge on any atom is 0.158 e. The Hall–Kier alpha value is -0.410. The standard InChI is InChI=1S/C13H25NO2/c1-11(2)8-9(13(5,6)16-11)10(15)12(3,4)14-7/h9,14H,8H2,1-7H3. The van der Waals surface area contributed by atoms with Crippen molar-refractivity contribution in [2.45, 2.75) is 64.7 Å². The summed E-state index contributed by atoms with van der Waals surface area (Å²) in [6.07, 6.45) is 0.796. The molecule has 1 aliphatic rings. The lowest BCUT2D eigenvalue weighted by Gasteiger charge is -2.32. The predicted octanol–water partition coefficient (Wildman–Crippen LogP) is 2.15. The summed E-state index contributed by atoms with van der Waals surface area (Å²) < 4.78 is 5.96. The first-order chi connectivity index (χ1) is 7.02. The van der Waals surface area contributed by atoms with Crippen molar-refractivity contribution in [1.82, 2.24) is 5.32 Å². The van der Waals surface area contributed by atoms with Gasteiger partial charge in [-0.1, -0.05) is 0 Å². The average molecular weight is 227 g/mol. The molecule has 0 spiro atoms. The van der Waals surface area contributed by atoms with Crippen molar-refractivity contribution < 1.29 is 9.53 Å². The molecule has 0 saturated carbocycles. The van der Waals surface area contributed by atoms with Crippen LogP contribution in [0.3, 0.4) is 0 Å². The van der Waals surface area contributed by atoms with Crippen LogP contribution < -0.4 is 5.32 Å². The van der Waals surface area contributed by atoms with Crippen molar-refractivity contribution >= 4 is 5.78 Å². The van der Waals surface area contributed by atoms with Gasteiger partial charge in [-0.2, -0.15) is 0 Å². The quantitative estimate of drug-likeness (QED) is 0.803. The fraction of sp³-hybridized carbons (Fsp3) is 0.923. The van der Waals surface area contributed by atoms with Crippen LogP contribution in [0.4, 0.5) is 0 Å². The van der Waals surface area contributed by atoms with Crippen molar-refractivity contribution in [2.24, 2.45) is 5.92 Å². The van der Waals surface area contributed by atoms with Crippen molar-refractivity contribution in [1.29, 1.82) is 0 Å². The molecule has 3 nitrogen and oxygen atoms in total. The van der Waals surface area contributed by atoms with Gasteiger partial charge in [-0.3, -0.25) is 4.79 Å². The van der Waals surface area contributed by atoms with Crippen LogP contribution in [0.2, 0.25) is 0 Å². The van der Waals surface area contributed by atoms with Gasteiger partial charge in [0.1, 0.15) is 0 Å². The third kappa shape index (κ3) is 2.46. The van der Waals surface area contributed by atoms with E-state index in [0.717, 1.165) is 6.42 Å². The molecule has 0 aliphatic carbocycles. The molecule has 0 radical (unpaired) electrons.